The molecule has 0 spiro atoms. The molecule has 2 rings (SSSR count). The fraction of sp³-hybridized carbons (Fsp3) is 0.556. The van der Waals surface area contributed by atoms with E-state index >= 15 is 0 Å². The molecule has 1 unspecified atom stereocenters. The van der Waals surface area contributed by atoms with Crippen molar-refractivity contribution in [2.75, 3.05) is 12.3 Å². The van der Waals surface area contributed by atoms with Crippen LogP contribution in [0.5, 0.6) is 0 Å². The molecule has 0 radical (unpaired) electrons. The van der Waals surface area contributed by atoms with E-state index in [2.05, 4.69) is 4.98 Å². The summed E-state index contributed by atoms with van der Waals surface area (Å²) in [6.07, 6.45) is -0.333. The Balaban J connectivity index is 2.23. The highest BCUT2D eigenvalue weighted by Gasteiger charge is 2.34. The van der Waals surface area contributed by atoms with Crippen LogP contribution in [0.2, 0.25) is 0 Å². The Labute approximate surface area is 91.1 Å². The number of nitrogens with two attached hydrogens (primary N) is 1. The number of hydrogen-bond donors (Lipinski definition) is 3. The molecular formula is C9H13N3O4. The third-order valence-electron chi connectivity index (χ3n) is 2.55. The smallest absolute Gasteiger partial charge is 0.351 e. The number of aliphatic hydroxyl groups is 2. The molecule has 1 aliphatic rings. The maximum absolute atomic E-state index is 11.5. The van der Waals surface area contributed by atoms with Crippen LogP contribution in [-0.2, 0) is 4.74 Å². The summed E-state index contributed by atoms with van der Waals surface area (Å²) < 4.78 is 6.56. The van der Waals surface area contributed by atoms with E-state index in [0.29, 0.717) is 0 Å². The molecule has 7 nitrogen and oxygen atoms in total. The third kappa shape index (κ3) is 1.92. The Morgan fingerprint density at radius 2 is 2.44 bits per heavy atom. The average Bonchev–Trinajstić information content (AvgIpc) is 2.59. The molecule has 1 aliphatic heterocycles. The molecule has 0 bridgehead atoms. The molecule has 16 heavy (non-hydrogen) atoms. The van der Waals surface area contributed by atoms with Crippen LogP contribution in [0.15, 0.2) is 17.1 Å². The molecule has 4 N–H and O–H groups in total. The lowest BCUT2D eigenvalue weighted by Gasteiger charge is -2.13. The lowest BCUT2D eigenvalue weighted by Crippen LogP contribution is -2.27. The van der Waals surface area contributed by atoms with Crippen LogP contribution in [0.3, 0.4) is 0 Å². The largest absolute Gasteiger partial charge is 0.394 e. The molecule has 0 aromatic carbocycles. The predicted molar refractivity (Wildman–Crippen MR) is 54.5 cm³/mol. The molecule has 0 saturated carbocycles. The maximum Gasteiger partial charge on any atom is 0.351 e. The van der Waals surface area contributed by atoms with E-state index in [1.165, 1.54) is 16.8 Å². The predicted octanol–water partition coefficient (Wildman–Crippen LogP) is -1.53. The Hall–Kier alpha value is -1.44. The van der Waals surface area contributed by atoms with Crippen LogP contribution < -0.4 is 11.4 Å². The molecule has 2 heterocycles. The lowest BCUT2D eigenvalue weighted by atomic mass is 10.2. The van der Waals surface area contributed by atoms with Gasteiger partial charge >= 0.3 is 5.69 Å². The quantitative estimate of drug-likeness (QED) is 0.565. The van der Waals surface area contributed by atoms with E-state index in [1.54, 1.807) is 0 Å². The lowest BCUT2D eigenvalue weighted by molar-refractivity contribution is -0.0458. The minimum absolute atomic E-state index is 0.138. The van der Waals surface area contributed by atoms with Gasteiger partial charge in [0.15, 0.2) is 0 Å². The fourth-order valence-corrected chi connectivity index (χ4v) is 1.70. The highest BCUT2D eigenvalue weighted by Crippen LogP contribution is 2.27. The van der Waals surface area contributed by atoms with Gasteiger partial charge in [0, 0.05) is 12.6 Å². The molecule has 1 aromatic heterocycles. The summed E-state index contributed by atoms with van der Waals surface area (Å²) in [4.78, 5) is 15.0. The van der Waals surface area contributed by atoms with Crippen molar-refractivity contribution in [3.05, 3.63) is 22.7 Å². The number of ether oxygens (including phenoxy) is 1. The molecule has 88 valence electrons. The van der Waals surface area contributed by atoms with Crippen molar-refractivity contribution < 1.29 is 14.9 Å². The average molecular weight is 227 g/mol. The van der Waals surface area contributed by atoms with Gasteiger partial charge in [-0.15, -0.1) is 0 Å². The Morgan fingerprint density at radius 3 is 3.00 bits per heavy atom. The second-order valence-corrected chi connectivity index (χ2v) is 3.66. The van der Waals surface area contributed by atoms with Crippen LogP contribution in [0.4, 0.5) is 5.82 Å². The van der Waals surface area contributed by atoms with Crippen molar-refractivity contribution in [3.8, 4) is 0 Å². The van der Waals surface area contributed by atoms with E-state index < -0.39 is 24.1 Å². The maximum atomic E-state index is 11.5. The second kappa shape index (κ2) is 4.20. The first-order valence-corrected chi connectivity index (χ1v) is 4.91. The molecule has 7 heteroatoms. The van der Waals surface area contributed by atoms with Gasteiger partial charge in [0.25, 0.3) is 0 Å². The van der Waals surface area contributed by atoms with Crippen LogP contribution >= 0.6 is 0 Å². The summed E-state index contributed by atoms with van der Waals surface area (Å²) in [5.41, 5.74) is 4.82. The summed E-state index contributed by atoms with van der Waals surface area (Å²) in [6, 6.07) is 1.48. The van der Waals surface area contributed by atoms with Gasteiger partial charge in [-0.2, -0.15) is 4.98 Å². The highest BCUT2D eigenvalue weighted by molar-refractivity contribution is 5.23. The van der Waals surface area contributed by atoms with Gasteiger partial charge in [0.2, 0.25) is 0 Å². The van der Waals surface area contributed by atoms with Crippen molar-refractivity contribution in [1.82, 2.24) is 9.55 Å². The SMILES string of the molecule is Nc1ccn([C@@H]2C[C@H](O)C(CO)O2)c(=O)n1. The minimum atomic E-state index is -0.778. The highest BCUT2D eigenvalue weighted by atomic mass is 16.5. The van der Waals surface area contributed by atoms with E-state index in [4.69, 9.17) is 15.6 Å². The minimum Gasteiger partial charge on any atom is -0.394 e. The normalized spacial score (nSPS) is 29.5. The number of nitrogen functional groups attached to an aromatic ring is 1. The first-order chi connectivity index (χ1) is 7.61. The Kier molecular flexibility index (Phi) is 2.90. The summed E-state index contributed by atoms with van der Waals surface area (Å²) in [5.74, 6) is 0.138. The van der Waals surface area contributed by atoms with Crippen molar-refractivity contribution in [2.45, 2.75) is 24.9 Å². The fourth-order valence-electron chi connectivity index (χ4n) is 1.70. The summed E-state index contributed by atoms with van der Waals surface area (Å²) in [5, 5.41) is 18.4. The number of aliphatic hydroxyl groups excluding tert-OH is 2. The monoisotopic (exact) mass is 227 g/mol. The van der Waals surface area contributed by atoms with E-state index in [0.717, 1.165) is 0 Å². The molecule has 3 atom stereocenters. The topological polar surface area (TPSA) is 111 Å². The molecular weight excluding hydrogens is 214 g/mol. The second-order valence-electron chi connectivity index (χ2n) is 3.66. The van der Waals surface area contributed by atoms with Gasteiger partial charge < -0.3 is 20.7 Å². The zero-order valence-corrected chi connectivity index (χ0v) is 8.48. The van der Waals surface area contributed by atoms with E-state index in [9.17, 15) is 9.90 Å². The number of hydrogen-bond acceptors (Lipinski definition) is 6. The van der Waals surface area contributed by atoms with Crippen LogP contribution in [0, 0.1) is 0 Å². The van der Waals surface area contributed by atoms with Crippen molar-refractivity contribution in [3.63, 3.8) is 0 Å². The van der Waals surface area contributed by atoms with E-state index in [1.807, 2.05) is 0 Å². The van der Waals surface area contributed by atoms with Crippen molar-refractivity contribution in [2.24, 2.45) is 0 Å². The zero-order valence-electron chi connectivity index (χ0n) is 8.48. The summed E-state index contributed by atoms with van der Waals surface area (Å²) in [7, 11) is 0. The van der Waals surface area contributed by atoms with Gasteiger partial charge in [0.1, 0.15) is 18.1 Å². The van der Waals surface area contributed by atoms with Crippen molar-refractivity contribution >= 4 is 5.82 Å². The van der Waals surface area contributed by atoms with Crippen LogP contribution in [-0.4, -0.2) is 38.6 Å². The summed E-state index contributed by atoms with van der Waals surface area (Å²) in [6.45, 7) is -0.283. The molecule has 0 amide bonds. The zero-order chi connectivity index (χ0) is 11.7. The van der Waals surface area contributed by atoms with Gasteiger partial charge in [-0.05, 0) is 6.07 Å². The third-order valence-corrected chi connectivity index (χ3v) is 2.55. The van der Waals surface area contributed by atoms with Crippen molar-refractivity contribution in [1.29, 1.82) is 0 Å². The number of aromatic nitrogens is 2. The molecule has 0 aliphatic carbocycles. The van der Waals surface area contributed by atoms with Gasteiger partial charge in [0.05, 0.1) is 12.7 Å². The Bertz CT molecular complexity index is 433. The molecule has 1 aromatic rings. The molecule has 1 fully saturated rings. The molecule has 1 saturated heterocycles. The van der Waals surface area contributed by atoms with Gasteiger partial charge in [-0.25, -0.2) is 4.79 Å². The van der Waals surface area contributed by atoms with Crippen LogP contribution in [0.25, 0.3) is 0 Å². The standard InChI is InChI=1S/C9H13N3O4/c10-7-1-2-12(9(15)11-7)8-3-5(14)6(4-13)16-8/h1-2,5-6,8,13-14H,3-4H2,(H2,10,11,15)/t5-,6?,8-/m0/s1. The van der Waals surface area contributed by atoms with E-state index in [-0.39, 0.29) is 18.8 Å². The van der Waals surface area contributed by atoms with Gasteiger partial charge in [-0.1, -0.05) is 0 Å². The number of anilines is 1. The first-order valence-electron chi connectivity index (χ1n) is 4.91. The summed E-state index contributed by atoms with van der Waals surface area (Å²) >= 11 is 0. The first kappa shape index (κ1) is 11.1. The van der Waals surface area contributed by atoms with Crippen LogP contribution in [0.1, 0.15) is 12.6 Å². The number of nitrogens with zero attached hydrogens (tertiary/aromatic N) is 2. The number of rotatable bonds is 2. The Morgan fingerprint density at radius 1 is 1.69 bits per heavy atom. The van der Waals surface area contributed by atoms with Gasteiger partial charge in [-0.3, -0.25) is 4.57 Å².